The van der Waals surface area contributed by atoms with E-state index in [1.54, 1.807) is 0 Å². The van der Waals surface area contributed by atoms with E-state index < -0.39 is 0 Å². The van der Waals surface area contributed by atoms with Crippen molar-refractivity contribution in [2.24, 2.45) is 0 Å². The van der Waals surface area contributed by atoms with Gasteiger partial charge in [-0.05, 0) is 41.8 Å². The largest absolute Gasteiger partial charge is 0.399 e. The number of nitrogen functional groups attached to an aromatic ring is 1. The third-order valence-corrected chi connectivity index (χ3v) is 3.42. The van der Waals surface area contributed by atoms with E-state index in [-0.39, 0.29) is 0 Å². The van der Waals surface area contributed by atoms with E-state index in [4.69, 9.17) is 5.73 Å². The normalized spacial score (nSPS) is 10.3. The molecular formula is C19H18N2. The first kappa shape index (κ1) is 13.3. The predicted molar refractivity (Wildman–Crippen MR) is 89.8 cm³/mol. The van der Waals surface area contributed by atoms with Crippen LogP contribution in [-0.2, 0) is 6.42 Å². The van der Waals surface area contributed by atoms with Gasteiger partial charge in [0, 0.05) is 17.1 Å². The monoisotopic (exact) mass is 274 g/mol. The number of para-hydroxylation sites is 1. The molecule has 0 aliphatic carbocycles. The highest BCUT2D eigenvalue weighted by Crippen LogP contribution is 2.24. The van der Waals surface area contributed by atoms with Crippen LogP contribution in [0.3, 0.4) is 0 Å². The highest BCUT2D eigenvalue weighted by molar-refractivity contribution is 5.66. The Balaban J connectivity index is 1.86. The van der Waals surface area contributed by atoms with Gasteiger partial charge >= 0.3 is 0 Å². The maximum atomic E-state index is 5.83. The van der Waals surface area contributed by atoms with Crippen LogP contribution >= 0.6 is 0 Å². The minimum absolute atomic E-state index is 0.764. The molecule has 3 aromatic rings. The van der Waals surface area contributed by atoms with Crippen LogP contribution in [0.15, 0.2) is 78.9 Å². The van der Waals surface area contributed by atoms with Gasteiger partial charge in [0.15, 0.2) is 0 Å². The third kappa shape index (κ3) is 3.42. The van der Waals surface area contributed by atoms with Crippen LogP contribution in [-0.4, -0.2) is 0 Å². The number of benzene rings is 3. The van der Waals surface area contributed by atoms with E-state index in [0.717, 1.165) is 23.5 Å². The average molecular weight is 274 g/mol. The zero-order valence-corrected chi connectivity index (χ0v) is 11.8. The van der Waals surface area contributed by atoms with E-state index in [9.17, 15) is 0 Å². The first-order chi connectivity index (χ1) is 10.3. The molecule has 0 amide bonds. The lowest BCUT2D eigenvalue weighted by Gasteiger charge is -2.12. The lowest BCUT2D eigenvalue weighted by atomic mass is 10.0. The summed E-state index contributed by atoms with van der Waals surface area (Å²) in [6.45, 7) is 0. The standard InChI is InChI=1S/C19H18N2/c20-17-10-6-11-18(14-17)21-19-12-5-4-9-16(19)13-15-7-2-1-3-8-15/h1-12,14,21H,13,20H2. The van der Waals surface area contributed by atoms with Crippen molar-refractivity contribution in [1.82, 2.24) is 0 Å². The molecule has 2 heteroatoms. The Morgan fingerprint density at radius 2 is 1.52 bits per heavy atom. The van der Waals surface area contributed by atoms with Crippen LogP contribution in [0.5, 0.6) is 0 Å². The van der Waals surface area contributed by atoms with Crippen molar-refractivity contribution in [1.29, 1.82) is 0 Å². The topological polar surface area (TPSA) is 38.0 Å². The summed E-state index contributed by atoms with van der Waals surface area (Å²) in [5, 5.41) is 3.45. The minimum Gasteiger partial charge on any atom is -0.399 e. The molecule has 0 aliphatic rings. The lowest BCUT2D eigenvalue weighted by molar-refractivity contribution is 1.19. The Kier molecular flexibility index (Phi) is 3.88. The second kappa shape index (κ2) is 6.14. The summed E-state index contributed by atoms with van der Waals surface area (Å²) >= 11 is 0. The van der Waals surface area contributed by atoms with Crippen LogP contribution in [0, 0.1) is 0 Å². The van der Waals surface area contributed by atoms with Crippen molar-refractivity contribution in [3.05, 3.63) is 90.0 Å². The SMILES string of the molecule is Nc1cccc(Nc2ccccc2Cc2ccccc2)c1. The molecule has 0 fully saturated rings. The number of hydrogen-bond donors (Lipinski definition) is 2. The maximum Gasteiger partial charge on any atom is 0.0420 e. The quantitative estimate of drug-likeness (QED) is 0.682. The summed E-state index contributed by atoms with van der Waals surface area (Å²) in [5.41, 5.74) is 11.3. The first-order valence-corrected chi connectivity index (χ1v) is 7.06. The zero-order chi connectivity index (χ0) is 14.5. The fourth-order valence-corrected chi connectivity index (χ4v) is 2.38. The molecule has 0 radical (unpaired) electrons. The summed E-state index contributed by atoms with van der Waals surface area (Å²) in [6, 6.07) is 26.7. The predicted octanol–water partition coefficient (Wildman–Crippen LogP) is 4.60. The molecule has 3 N–H and O–H groups in total. The summed E-state index contributed by atoms with van der Waals surface area (Å²) in [6.07, 6.45) is 0.909. The molecule has 0 atom stereocenters. The van der Waals surface area contributed by atoms with Gasteiger partial charge in [-0.15, -0.1) is 0 Å². The van der Waals surface area contributed by atoms with Crippen LogP contribution < -0.4 is 11.1 Å². The molecule has 3 rings (SSSR count). The number of anilines is 3. The van der Waals surface area contributed by atoms with Crippen LogP contribution in [0.2, 0.25) is 0 Å². The average Bonchev–Trinajstić information content (AvgIpc) is 2.50. The van der Waals surface area contributed by atoms with Gasteiger partial charge in [-0.2, -0.15) is 0 Å². The van der Waals surface area contributed by atoms with E-state index >= 15 is 0 Å². The molecule has 3 aromatic carbocycles. The van der Waals surface area contributed by atoms with Gasteiger partial charge in [0.2, 0.25) is 0 Å². The number of hydrogen-bond acceptors (Lipinski definition) is 2. The van der Waals surface area contributed by atoms with Crippen molar-refractivity contribution < 1.29 is 0 Å². The van der Waals surface area contributed by atoms with E-state index in [1.807, 2.05) is 36.4 Å². The van der Waals surface area contributed by atoms with Crippen LogP contribution in [0.4, 0.5) is 17.1 Å². The fourth-order valence-electron chi connectivity index (χ4n) is 2.38. The molecule has 0 spiro atoms. The minimum atomic E-state index is 0.764. The van der Waals surface area contributed by atoms with Gasteiger partial charge in [-0.25, -0.2) is 0 Å². The van der Waals surface area contributed by atoms with E-state index in [1.165, 1.54) is 11.1 Å². The van der Waals surface area contributed by atoms with Gasteiger partial charge < -0.3 is 11.1 Å². The molecule has 0 bridgehead atoms. The van der Waals surface area contributed by atoms with Crippen molar-refractivity contribution in [2.45, 2.75) is 6.42 Å². The molecule has 0 saturated carbocycles. The zero-order valence-electron chi connectivity index (χ0n) is 11.8. The molecule has 21 heavy (non-hydrogen) atoms. The van der Waals surface area contributed by atoms with Crippen molar-refractivity contribution in [3.8, 4) is 0 Å². The number of rotatable bonds is 4. The summed E-state index contributed by atoms with van der Waals surface area (Å²) < 4.78 is 0. The molecule has 0 unspecified atom stereocenters. The third-order valence-electron chi connectivity index (χ3n) is 3.42. The van der Waals surface area contributed by atoms with Gasteiger partial charge in [-0.1, -0.05) is 54.6 Å². The Hall–Kier alpha value is -2.74. The summed E-state index contributed by atoms with van der Waals surface area (Å²) in [5.74, 6) is 0. The Morgan fingerprint density at radius 3 is 2.33 bits per heavy atom. The second-order valence-corrected chi connectivity index (χ2v) is 5.07. The Bertz CT molecular complexity index is 720. The molecule has 0 saturated heterocycles. The smallest absolute Gasteiger partial charge is 0.0420 e. The van der Waals surface area contributed by atoms with Crippen molar-refractivity contribution in [2.75, 3.05) is 11.1 Å². The van der Waals surface area contributed by atoms with Gasteiger partial charge in [0.05, 0.1) is 0 Å². The Labute approximate surface area is 125 Å². The Morgan fingerprint density at radius 1 is 0.762 bits per heavy atom. The van der Waals surface area contributed by atoms with Gasteiger partial charge in [-0.3, -0.25) is 0 Å². The molecule has 0 aromatic heterocycles. The lowest BCUT2D eigenvalue weighted by Crippen LogP contribution is -1.97. The van der Waals surface area contributed by atoms with Gasteiger partial charge in [0.25, 0.3) is 0 Å². The van der Waals surface area contributed by atoms with Crippen molar-refractivity contribution >= 4 is 17.1 Å². The van der Waals surface area contributed by atoms with Gasteiger partial charge in [0.1, 0.15) is 0 Å². The number of nitrogens with one attached hydrogen (secondary N) is 1. The number of nitrogens with two attached hydrogens (primary N) is 1. The van der Waals surface area contributed by atoms with Crippen LogP contribution in [0.25, 0.3) is 0 Å². The molecule has 104 valence electrons. The molecular weight excluding hydrogens is 256 g/mol. The summed E-state index contributed by atoms with van der Waals surface area (Å²) in [4.78, 5) is 0. The molecule has 2 nitrogen and oxygen atoms in total. The van der Waals surface area contributed by atoms with E-state index in [2.05, 4.69) is 47.8 Å². The van der Waals surface area contributed by atoms with Crippen LogP contribution in [0.1, 0.15) is 11.1 Å². The highest BCUT2D eigenvalue weighted by Gasteiger charge is 2.03. The second-order valence-electron chi connectivity index (χ2n) is 5.07. The molecule has 0 aliphatic heterocycles. The molecule has 0 heterocycles. The first-order valence-electron chi connectivity index (χ1n) is 7.06. The maximum absolute atomic E-state index is 5.83. The fraction of sp³-hybridized carbons (Fsp3) is 0.0526. The van der Waals surface area contributed by atoms with E-state index in [0.29, 0.717) is 0 Å². The van der Waals surface area contributed by atoms with Crippen molar-refractivity contribution in [3.63, 3.8) is 0 Å². The summed E-state index contributed by atoms with van der Waals surface area (Å²) in [7, 11) is 0. The highest BCUT2D eigenvalue weighted by atomic mass is 14.9.